The quantitative estimate of drug-likeness (QED) is 0.118. The fourth-order valence-corrected chi connectivity index (χ4v) is 4.63. The topological polar surface area (TPSA) is 72.9 Å². The SMILES string of the molecule is CC.CCCCC(C)CCC.CCOP(C)(=O)CCN(C=O)/C(C)=C(/SC)C(=O)OC. The first-order chi connectivity index (χ1) is 14.6. The number of allylic oxidation sites excluding steroid dienone is 1. The van der Waals surface area contributed by atoms with Gasteiger partial charge < -0.3 is 14.2 Å². The molecule has 0 aliphatic carbocycles. The fraction of sp³-hybridized carbons (Fsp3) is 0.826. The zero-order valence-electron chi connectivity index (χ0n) is 21.7. The van der Waals surface area contributed by atoms with E-state index in [-0.39, 0.29) is 12.7 Å². The van der Waals surface area contributed by atoms with Crippen LogP contribution in [0.15, 0.2) is 10.6 Å². The van der Waals surface area contributed by atoms with Gasteiger partial charge in [0.1, 0.15) is 4.91 Å². The van der Waals surface area contributed by atoms with Gasteiger partial charge in [0, 0.05) is 25.1 Å². The van der Waals surface area contributed by atoms with Gasteiger partial charge in [0.15, 0.2) is 0 Å². The molecule has 2 unspecified atom stereocenters. The van der Waals surface area contributed by atoms with Crippen molar-refractivity contribution in [3.8, 4) is 0 Å². The average Bonchev–Trinajstić information content (AvgIpc) is 2.75. The molecule has 0 bridgehead atoms. The van der Waals surface area contributed by atoms with E-state index in [1.807, 2.05) is 13.8 Å². The lowest BCUT2D eigenvalue weighted by Gasteiger charge is -2.22. The van der Waals surface area contributed by atoms with Crippen molar-refractivity contribution in [1.82, 2.24) is 4.90 Å². The number of thioether (sulfide) groups is 1. The molecule has 0 aromatic carbocycles. The molecule has 0 heterocycles. The van der Waals surface area contributed by atoms with E-state index in [4.69, 9.17) is 4.52 Å². The number of rotatable bonds is 14. The summed E-state index contributed by atoms with van der Waals surface area (Å²) in [4.78, 5) is 24.4. The lowest BCUT2D eigenvalue weighted by Crippen LogP contribution is -2.26. The Kier molecular flexibility index (Phi) is 25.2. The number of hydrogen-bond donors (Lipinski definition) is 0. The lowest BCUT2D eigenvalue weighted by molar-refractivity contribution is -0.135. The molecule has 186 valence electrons. The van der Waals surface area contributed by atoms with E-state index in [9.17, 15) is 14.2 Å². The molecule has 0 aliphatic heterocycles. The average molecular weight is 482 g/mol. The van der Waals surface area contributed by atoms with Crippen molar-refractivity contribution in [2.75, 3.05) is 39.3 Å². The number of unbranched alkanes of at least 4 members (excludes halogenated alkanes) is 1. The second-order valence-corrected chi connectivity index (χ2v) is 10.7. The molecule has 0 saturated carbocycles. The minimum absolute atomic E-state index is 0.226. The van der Waals surface area contributed by atoms with Crippen LogP contribution in [-0.2, 0) is 23.4 Å². The van der Waals surface area contributed by atoms with Crippen LogP contribution in [0, 0.1) is 5.92 Å². The molecule has 0 saturated heterocycles. The van der Waals surface area contributed by atoms with Crippen LogP contribution in [0.2, 0.25) is 0 Å². The summed E-state index contributed by atoms with van der Waals surface area (Å²) in [6.45, 7) is 16.4. The van der Waals surface area contributed by atoms with Crippen LogP contribution >= 0.6 is 19.1 Å². The van der Waals surface area contributed by atoms with Crippen molar-refractivity contribution in [2.24, 2.45) is 5.92 Å². The van der Waals surface area contributed by atoms with Crippen LogP contribution in [0.5, 0.6) is 0 Å². The van der Waals surface area contributed by atoms with Crippen LogP contribution in [0.25, 0.3) is 0 Å². The van der Waals surface area contributed by atoms with Crippen molar-refractivity contribution < 1.29 is 23.4 Å². The molecule has 8 heteroatoms. The Labute approximate surface area is 196 Å². The van der Waals surface area contributed by atoms with Crippen molar-refractivity contribution in [2.45, 2.75) is 80.6 Å². The molecule has 0 spiro atoms. The number of esters is 1. The van der Waals surface area contributed by atoms with Gasteiger partial charge in [0.05, 0.1) is 13.7 Å². The molecule has 2 atom stereocenters. The first-order valence-corrected chi connectivity index (χ1v) is 14.9. The number of ether oxygens (including phenoxy) is 1. The van der Waals surface area contributed by atoms with Crippen LogP contribution < -0.4 is 0 Å². The Hall–Kier alpha value is -0.780. The normalized spacial score (nSPS) is 13.9. The van der Waals surface area contributed by atoms with Crippen LogP contribution in [0.3, 0.4) is 0 Å². The summed E-state index contributed by atoms with van der Waals surface area (Å²) < 4.78 is 21.8. The van der Waals surface area contributed by atoms with Gasteiger partial charge in [-0.25, -0.2) is 4.79 Å². The third kappa shape index (κ3) is 18.5. The highest BCUT2D eigenvalue weighted by Gasteiger charge is 2.21. The van der Waals surface area contributed by atoms with E-state index in [2.05, 4.69) is 25.5 Å². The standard InChI is InChI=1S/C12H22NO5PS.C9H20.C2H6/c1-6-18-19(4,16)8-7-13(9-14)10(2)11(20-5)12(15)17-3;1-4-6-8-9(3)7-5-2;1-2/h9H,6-8H2,1-5H3;9H,4-8H2,1-3H3;1-2H3/b11-10+;;. The molecule has 0 aromatic heterocycles. The fourth-order valence-electron chi connectivity index (χ4n) is 2.72. The third-order valence-corrected chi connectivity index (χ3v) is 7.13. The maximum absolute atomic E-state index is 12.0. The maximum Gasteiger partial charge on any atom is 0.346 e. The predicted octanol–water partition coefficient (Wildman–Crippen LogP) is 6.80. The molecule has 0 N–H and O–H groups in total. The highest BCUT2D eigenvalue weighted by atomic mass is 32.2. The van der Waals surface area contributed by atoms with E-state index in [1.54, 1.807) is 20.1 Å². The Morgan fingerprint density at radius 1 is 1.16 bits per heavy atom. The molecule has 0 rings (SSSR count). The molecule has 0 aliphatic rings. The summed E-state index contributed by atoms with van der Waals surface area (Å²) in [6.07, 6.45) is 9.55. The number of amides is 1. The number of hydrogen-bond acceptors (Lipinski definition) is 6. The number of carbonyl (C=O) groups is 2. The van der Waals surface area contributed by atoms with E-state index in [0.29, 0.717) is 23.6 Å². The van der Waals surface area contributed by atoms with E-state index < -0.39 is 13.3 Å². The number of methoxy groups -OCH3 is 1. The van der Waals surface area contributed by atoms with Crippen molar-refractivity contribution in [3.63, 3.8) is 0 Å². The zero-order valence-corrected chi connectivity index (χ0v) is 23.4. The predicted molar refractivity (Wildman–Crippen MR) is 136 cm³/mol. The minimum atomic E-state index is -2.71. The van der Waals surface area contributed by atoms with Crippen LogP contribution in [-0.4, -0.2) is 56.6 Å². The van der Waals surface area contributed by atoms with Crippen LogP contribution in [0.1, 0.15) is 80.6 Å². The summed E-state index contributed by atoms with van der Waals surface area (Å²) in [5.41, 5.74) is 0.482. The second-order valence-electron chi connectivity index (χ2n) is 7.10. The largest absolute Gasteiger partial charge is 0.465 e. The van der Waals surface area contributed by atoms with E-state index >= 15 is 0 Å². The highest BCUT2D eigenvalue weighted by Crippen LogP contribution is 2.42. The maximum atomic E-state index is 12.0. The summed E-state index contributed by atoms with van der Waals surface area (Å²) in [6, 6.07) is 0. The zero-order chi connectivity index (χ0) is 24.9. The second kappa shape index (κ2) is 22.4. The molecule has 0 fully saturated rings. The molecule has 31 heavy (non-hydrogen) atoms. The number of nitrogens with zero attached hydrogens (tertiary/aromatic N) is 1. The monoisotopic (exact) mass is 481 g/mol. The van der Waals surface area contributed by atoms with Crippen molar-refractivity contribution in [1.29, 1.82) is 0 Å². The Morgan fingerprint density at radius 2 is 1.74 bits per heavy atom. The summed E-state index contributed by atoms with van der Waals surface area (Å²) in [5.74, 6) is 0.473. The van der Waals surface area contributed by atoms with Gasteiger partial charge in [0.2, 0.25) is 13.8 Å². The van der Waals surface area contributed by atoms with Gasteiger partial charge >= 0.3 is 5.97 Å². The lowest BCUT2D eigenvalue weighted by atomic mass is 10.00. The summed E-state index contributed by atoms with van der Waals surface area (Å²) >= 11 is 1.20. The van der Waals surface area contributed by atoms with Gasteiger partial charge in [-0.3, -0.25) is 9.36 Å². The summed E-state index contributed by atoms with van der Waals surface area (Å²) in [5, 5.41) is 0. The number of carbonyl (C=O) groups excluding carboxylic acids is 2. The van der Waals surface area contributed by atoms with Crippen molar-refractivity contribution in [3.05, 3.63) is 10.6 Å². The molecule has 0 aromatic rings. The van der Waals surface area contributed by atoms with Gasteiger partial charge in [-0.15, -0.1) is 11.8 Å². The molecule has 1 amide bonds. The Bertz CT molecular complexity index is 540. The first-order valence-electron chi connectivity index (χ1n) is 11.4. The van der Waals surface area contributed by atoms with E-state index in [1.165, 1.54) is 62.5 Å². The Balaban J connectivity index is -0.000000595. The highest BCUT2D eigenvalue weighted by molar-refractivity contribution is 8.03. The molecular formula is C23H48NO5PS. The van der Waals surface area contributed by atoms with Gasteiger partial charge in [-0.2, -0.15) is 0 Å². The van der Waals surface area contributed by atoms with Crippen molar-refractivity contribution >= 4 is 31.5 Å². The first kappa shape index (κ1) is 34.8. The molecular weight excluding hydrogens is 433 g/mol. The minimum Gasteiger partial charge on any atom is -0.465 e. The van der Waals surface area contributed by atoms with Gasteiger partial charge in [-0.1, -0.05) is 66.7 Å². The smallest absolute Gasteiger partial charge is 0.346 e. The molecule has 6 nitrogen and oxygen atoms in total. The third-order valence-electron chi connectivity index (χ3n) is 4.44. The summed E-state index contributed by atoms with van der Waals surface area (Å²) in [7, 11) is -1.43. The van der Waals surface area contributed by atoms with Gasteiger partial charge in [-0.05, 0) is 26.0 Å². The molecule has 0 radical (unpaired) electrons. The van der Waals surface area contributed by atoms with Gasteiger partial charge in [0.25, 0.3) is 0 Å². The Morgan fingerprint density at radius 3 is 2.13 bits per heavy atom. The van der Waals surface area contributed by atoms with Crippen LogP contribution in [0.4, 0.5) is 0 Å². The van der Waals surface area contributed by atoms with E-state index in [0.717, 1.165) is 5.92 Å².